The van der Waals surface area contributed by atoms with E-state index in [2.05, 4.69) is 9.71 Å². The Morgan fingerprint density at radius 2 is 2.17 bits per heavy atom. The summed E-state index contributed by atoms with van der Waals surface area (Å²) in [6, 6.07) is 3.31. The lowest BCUT2D eigenvalue weighted by Gasteiger charge is -2.21. The van der Waals surface area contributed by atoms with Gasteiger partial charge in [0.25, 0.3) is 0 Å². The van der Waals surface area contributed by atoms with Gasteiger partial charge in [0.15, 0.2) is 0 Å². The molecule has 2 fully saturated rings. The average Bonchev–Trinajstić information content (AvgIpc) is 3.18. The molecule has 3 atom stereocenters. The fourth-order valence-corrected chi connectivity index (χ4v) is 4.57. The predicted molar refractivity (Wildman–Crippen MR) is 83.8 cm³/mol. The van der Waals surface area contributed by atoms with Crippen molar-refractivity contribution in [2.45, 2.75) is 37.5 Å². The molecule has 7 nitrogen and oxygen atoms in total. The summed E-state index contributed by atoms with van der Waals surface area (Å²) in [5, 5.41) is 0. The molecule has 8 heteroatoms. The Bertz CT molecular complexity index is 613. The number of rotatable bonds is 6. The molecule has 0 radical (unpaired) electrons. The van der Waals surface area contributed by atoms with Crippen molar-refractivity contribution >= 4 is 10.0 Å². The van der Waals surface area contributed by atoms with Crippen LogP contribution in [-0.2, 0) is 19.5 Å². The number of methoxy groups -OCH3 is 1. The Hall–Kier alpha value is -1.22. The number of nitrogens with one attached hydrogen (secondary N) is 1. The number of aromatic nitrogens is 1. The van der Waals surface area contributed by atoms with Gasteiger partial charge in [-0.1, -0.05) is 0 Å². The Kier molecular flexibility index (Phi) is 5.15. The fourth-order valence-electron chi connectivity index (χ4n) is 3.02. The van der Waals surface area contributed by atoms with Gasteiger partial charge in [-0.3, -0.25) is 0 Å². The standard InChI is InChI=1S/C15H22N2O5S/c1-20-14-5-4-11(9-16-14)15-13(6-8-22-15)17-23(18,19)10-12-3-2-7-21-12/h4-5,9,12-13,15,17H,2-3,6-8,10H2,1H3/t12?,13-,15+/m0/s1. The number of sulfonamides is 1. The lowest BCUT2D eigenvalue weighted by molar-refractivity contribution is 0.102. The van der Waals surface area contributed by atoms with Crippen LogP contribution < -0.4 is 9.46 Å². The Labute approximate surface area is 136 Å². The zero-order valence-electron chi connectivity index (χ0n) is 13.1. The molecule has 0 aromatic carbocycles. The van der Waals surface area contributed by atoms with Crippen LogP contribution in [0.4, 0.5) is 0 Å². The lowest BCUT2D eigenvalue weighted by Crippen LogP contribution is -2.40. The maximum atomic E-state index is 12.3. The van der Waals surface area contributed by atoms with Crippen molar-refractivity contribution in [1.82, 2.24) is 9.71 Å². The van der Waals surface area contributed by atoms with Gasteiger partial charge in [0.2, 0.25) is 15.9 Å². The quantitative estimate of drug-likeness (QED) is 0.830. The van der Waals surface area contributed by atoms with Crippen LogP contribution in [-0.4, -0.2) is 51.6 Å². The largest absolute Gasteiger partial charge is 0.481 e. The van der Waals surface area contributed by atoms with E-state index < -0.39 is 10.0 Å². The lowest BCUT2D eigenvalue weighted by atomic mass is 10.1. The Morgan fingerprint density at radius 3 is 2.83 bits per heavy atom. The molecule has 1 aromatic rings. The van der Waals surface area contributed by atoms with Crippen molar-refractivity contribution in [3.05, 3.63) is 23.9 Å². The first-order chi connectivity index (χ1) is 11.1. The smallest absolute Gasteiger partial charge is 0.214 e. The molecule has 1 unspecified atom stereocenters. The zero-order valence-corrected chi connectivity index (χ0v) is 13.9. The first kappa shape index (κ1) is 16.6. The van der Waals surface area contributed by atoms with Crippen LogP contribution in [0.5, 0.6) is 5.88 Å². The zero-order chi connectivity index (χ0) is 16.3. The van der Waals surface area contributed by atoms with E-state index in [1.54, 1.807) is 19.4 Å². The van der Waals surface area contributed by atoms with E-state index in [0.29, 0.717) is 25.5 Å². The number of hydrogen-bond acceptors (Lipinski definition) is 6. The molecule has 2 saturated heterocycles. The van der Waals surface area contributed by atoms with Gasteiger partial charge < -0.3 is 14.2 Å². The van der Waals surface area contributed by atoms with Crippen molar-refractivity contribution in [3.8, 4) is 5.88 Å². The Morgan fingerprint density at radius 1 is 1.30 bits per heavy atom. The molecule has 0 aliphatic carbocycles. The summed E-state index contributed by atoms with van der Waals surface area (Å²) >= 11 is 0. The van der Waals surface area contributed by atoms with Crippen molar-refractivity contribution in [2.75, 3.05) is 26.1 Å². The molecule has 0 amide bonds. The van der Waals surface area contributed by atoms with Crippen LogP contribution in [0, 0.1) is 0 Å². The third-order valence-electron chi connectivity index (χ3n) is 4.15. The normalized spacial score (nSPS) is 28.1. The summed E-state index contributed by atoms with van der Waals surface area (Å²) < 4.78 is 43.6. The van der Waals surface area contributed by atoms with Gasteiger partial charge in [0, 0.05) is 31.0 Å². The molecule has 0 spiro atoms. The highest BCUT2D eigenvalue weighted by atomic mass is 32.2. The van der Waals surface area contributed by atoms with Crippen molar-refractivity contribution in [3.63, 3.8) is 0 Å². The van der Waals surface area contributed by atoms with Crippen LogP contribution in [0.3, 0.4) is 0 Å². The maximum absolute atomic E-state index is 12.3. The monoisotopic (exact) mass is 342 g/mol. The van der Waals surface area contributed by atoms with Gasteiger partial charge in [-0.25, -0.2) is 18.1 Å². The van der Waals surface area contributed by atoms with E-state index in [1.807, 2.05) is 6.07 Å². The second-order valence-electron chi connectivity index (χ2n) is 5.85. The van der Waals surface area contributed by atoms with Crippen LogP contribution in [0.2, 0.25) is 0 Å². The van der Waals surface area contributed by atoms with E-state index in [0.717, 1.165) is 18.4 Å². The number of pyridine rings is 1. The molecule has 1 N–H and O–H groups in total. The van der Waals surface area contributed by atoms with Gasteiger partial charge in [-0.15, -0.1) is 0 Å². The van der Waals surface area contributed by atoms with E-state index >= 15 is 0 Å². The predicted octanol–water partition coefficient (Wildman–Crippen LogP) is 1.02. The van der Waals surface area contributed by atoms with Crippen LogP contribution in [0.1, 0.15) is 30.9 Å². The van der Waals surface area contributed by atoms with Crippen molar-refractivity contribution in [2.24, 2.45) is 0 Å². The van der Waals surface area contributed by atoms with E-state index in [-0.39, 0.29) is 24.0 Å². The molecule has 0 bridgehead atoms. The van der Waals surface area contributed by atoms with E-state index in [9.17, 15) is 8.42 Å². The van der Waals surface area contributed by atoms with Crippen LogP contribution in [0.25, 0.3) is 0 Å². The highest BCUT2D eigenvalue weighted by molar-refractivity contribution is 7.89. The van der Waals surface area contributed by atoms with Gasteiger partial charge in [-0.05, 0) is 25.3 Å². The molecule has 2 aliphatic rings. The second-order valence-corrected chi connectivity index (χ2v) is 7.65. The first-order valence-electron chi connectivity index (χ1n) is 7.80. The summed E-state index contributed by atoms with van der Waals surface area (Å²) in [4.78, 5) is 4.16. The summed E-state index contributed by atoms with van der Waals surface area (Å²) in [7, 11) is -1.85. The molecule has 23 heavy (non-hydrogen) atoms. The number of ether oxygens (including phenoxy) is 3. The molecule has 0 saturated carbocycles. The van der Waals surface area contributed by atoms with Crippen LogP contribution in [0.15, 0.2) is 18.3 Å². The van der Waals surface area contributed by atoms with Crippen LogP contribution >= 0.6 is 0 Å². The van der Waals surface area contributed by atoms with Crippen molar-refractivity contribution in [1.29, 1.82) is 0 Å². The minimum atomic E-state index is -3.40. The molecule has 2 aliphatic heterocycles. The topological polar surface area (TPSA) is 86.8 Å². The highest BCUT2D eigenvalue weighted by Crippen LogP contribution is 2.30. The summed E-state index contributed by atoms with van der Waals surface area (Å²) in [6.07, 6.45) is 3.50. The first-order valence-corrected chi connectivity index (χ1v) is 9.46. The third-order valence-corrected chi connectivity index (χ3v) is 5.62. The molecule has 3 rings (SSSR count). The van der Waals surface area contributed by atoms with Crippen molar-refractivity contribution < 1.29 is 22.6 Å². The molecular weight excluding hydrogens is 320 g/mol. The van der Waals surface area contributed by atoms with Gasteiger partial charge in [-0.2, -0.15) is 0 Å². The second kappa shape index (κ2) is 7.12. The summed E-state index contributed by atoms with van der Waals surface area (Å²) in [5.41, 5.74) is 0.841. The Balaban J connectivity index is 1.65. The summed E-state index contributed by atoms with van der Waals surface area (Å²) in [5.74, 6) is 0.527. The number of nitrogens with zero attached hydrogens (tertiary/aromatic N) is 1. The maximum Gasteiger partial charge on any atom is 0.214 e. The van der Waals surface area contributed by atoms with E-state index in [1.165, 1.54) is 0 Å². The minimum Gasteiger partial charge on any atom is -0.481 e. The van der Waals surface area contributed by atoms with E-state index in [4.69, 9.17) is 14.2 Å². The minimum absolute atomic E-state index is 0.0110. The molecule has 128 valence electrons. The molecule has 3 heterocycles. The molecule has 1 aromatic heterocycles. The SMILES string of the molecule is COc1ccc([C@H]2OCC[C@@H]2NS(=O)(=O)CC2CCCO2)cn1. The fraction of sp³-hybridized carbons (Fsp3) is 0.667. The third kappa shape index (κ3) is 4.20. The van der Waals surface area contributed by atoms with Gasteiger partial charge >= 0.3 is 0 Å². The summed E-state index contributed by atoms with van der Waals surface area (Å²) in [6.45, 7) is 1.16. The highest BCUT2D eigenvalue weighted by Gasteiger charge is 2.34. The van der Waals surface area contributed by atoms with Gasteiger partial charge in [0.1, 0.15) is 6.10 Å². The number of hydrogen-bond donors (Lipinski definition) is 1. The van der Waals surface area contributed by atoms with Gasteiger partial charge in [0.05, 0.1) is 25.0 Å². The average molecular weight is 342 g/mol. The molecular formula is C15H22N2O5S.